The number of nitrogens with two attached hydrogens (primary N) is 1. The molecule has 1 aliphatic rings. The first kappa shape index (κ1) is 18.8. The minimum Gasteiger partial charge on any atom is -0.379 e. The Bertz CT molecular complexity index is 1270. The van der Waals surface area contributed by atoms with Gasteiger partial charge in [0.2, 0.25) is 5.95 Å². The maximum absolute atomic E-state index is 12.9. The Balaban J connectivity index is 1.50. The summed E-state index contributed by atoms with van der Waals surface area (Å²) in [6.45, 7) is 7.26. The highest BCUT2D eigenvalue weighted by Gasteiger charge is 2.18. The first-order valence-corrected chi connectivity index (χ1v) is 10.1. The number of morpholine rings is 1. The van der Waals surface area contributed by atoms with Gasteiger partial charge in [-0.2, -0.15) is 10.1 Å². The second-order valence-corrected chi connectivity index (χ2v) is 7.62. The maximum atomic E-state index is 12.9. The molecule has 0 unspecified atom stereocenters. The molecule has 3 aromatic heterocycles. The van der Waals surface area contributed by atoms with Gasteiger partial charge in [0.25, 0.3) is 0 Å². The zero-order valence-corrected chi connectivity index (χ0v) is 16.9. The molecule has 4 heterocycles. The number of rotatable bonds is 5. The Kier molecular flexibility index (Phi) is 4.72. The lowest BCUT2D eigenvalue weighted by Crippen LogP contribution is -2.38. The van der Waals surface area contributed by atoms with Crippen molar-refractivity contribution in [3.63, 3.8) is 0 Å². The van der Waals surface area contributed by atoms with Gasteiger partial charge in [-0.3, -0.25) is 4.90 Å². The summed E-state index contributed by atoms with van der Waals surface area (Å²) in [4.78, 5) is 19.7. The largest absolute Gasteiger partial charge is 0.379 e. The van der Waals surface area contributed by atoms with Crippen molar-refractivity contribution in [2.24, 2.45) is 0 Å². The molecule has 0 saturated carbocycles. The van der Waals surface area contributed by atoms with Crippen molar-refractivity contribution in [1.29, 1.82) is 0 Å². The standard InChI is InChI=1S/C20H24N8O2/c1-14-3-2-4-15(11-14)13-27-20(29)28-18(24-27)16-12-22-26(17(16)23-19(28)21)6-5-25-7-9-30-10-8-25/h2-4,11-12H,5-10,13H2,1H3,(H2,21,23). The molecule has 10 nitrogen and oxygen atoms in total. The van der Waals surface area contributed by atoms with E-state index < -0.39 is 0 Å². The van der Waals surface area contributed by atoms with Gasteiger partial charge >= 0.3 is 5.69 Å². The van der Waals surface area contributed by atoms with Crippen LogP contribution in [0.15, 0.2) is 35.3 Å². The zero-order valence-electron chi connectivity index (χ0n) is 16.9. The molecule has 30 heavy (non-hydrogen) atoms. The van der Waals surface area contributed by atoms with E-state index in [-0.39, 0.29) is 11.6 Å². The van der Waals surface area contributed by atoms with Crippen LogP contribution in [0, 0.1) is 6.92 Å². The zero-order chi connectivity index (χ0) is 20.7. The van der Waals surface area contributed by atoms with Gasteiger partial charge in [0, 0.05) is 19.6 Å². The van der Waals surface area contributed by atoms with Gasteiger partial charge in [-0.15, -0.1) is 5.10 Å². The van der Waals surface area contributed by atoms with E-state index in [2.05, 4.69) is 20.1 Å². The van der Waals surface area contributed by atoms with Crippen LogP contribution in [0.25, 0.3) is 16.7 Å². The highest BCUT2D eigenvalue weighted by molar-refractivity contribution is 5.89. The van der Waals surface area contributed by atoms with Crippen molar-refractivity contribution < 1.29 is 4.74 Å². The van der Waals surface area contributed by atoms with Crippen LogP contribution in [0.5, 0.6) is 0 Å². The summed E-state index contributed by atoms with van der Waals surface area (Å²) < 4.78 is 10.00. The van der Waals surface area contributed by atoms with Crippen molar-refractivity contribution in [3.8, 4) is 0 Å². The van der Waals surface area contributed by atoms with Crippen molar-refractivity contribution in [2.45, 2.75) is 20.0 Å². The SMILES string of the molecule is Cc1cccc(Cn2nc3c4cnn(CCN5CCOCC5)c4nc(N)n3c2=O)c1. The molecule has 0 atom stereocenters. The van der Waals surface area contributed by atoms with Crippen LogP contribution in [0.1, 0.15) is 11.1 Å². The van der Waals surface area contributed by atoms with Crippen LogP contribution in [-0.4, -0.2) is 66.7 Å². The van der Waals surface area contributed by atoms with Gasteiger partial charge in [-0.1, -0.05) is 29.8 Å². The first-order chi connectivity index (χ1) is 14.6. The summed E-state index contributed by atoms with van der Waals surface area (Å²) in [6.07, 6.45) is 1.71. The van der Waals surface area contributed by atoms with E-state index in [4.69, 9.17) is 10.5 Å². The summed E-state index contributed by atoms with van der Waals surface area (Å²) >= 11 is 0. The molecule has 1 saturated heterocycles. The van der Waals surface area contributed by atoms with E-state index in [1.807, 2.05) is 35.9 Å². The van der Waals surface area contributed by atoms with E-state index in [0.717, 1.165) is 44.0 Å². The molecule has 4 aromatic rings. The summed E-state index contributed by atoms with van der Waals surface area (Å²) in [5.41, 5.74) is 9.10. The molecule has 2 N–H and O–H groups in total. The van der Waals surface area contributed by atoms with Crippen molar-refractivity contribution in [2.75, 3.05) is 38.6 Å². The number of hydrogen-bond acceptors (Lipinski definition) is 7. The molecule has 0 amide bonds. The third-order valence-corrected chi connectivity index (χ3v) is 5.49. The molecule has 0 aliphatic carbocycles. The summed E-state index contributed by atoms with van der Waals surface area (Å²) in [5, 5.41) is 9.75. The van der Waals surface area contributed by atoms with Crippen LogP contribution in [-0.2, 0) is 17.8 Å². The molecule has 156 valence electrons. The number of ether oxygens (including phenoxy) is 1. The molecule has 1 aliphatic heterocycles. The van der Waals surface area contributed by atoms with Crippen LogP contribution in [0.4, 0.5) is 5.95 Å². The summed E-state index contributed by atoms with van der Waals surface area (Å²) in [6, 6.07) is 8.01. The van der Waals surface area contributed by atoms with Gasteiger partial charge < -0.3 is 10.5 Å². The Morgan fingerprint density at radius 2 is 1.97 bits per heavy atom. The molecule has 0 spiro atoms. The van der Waals surface area contributed by atoms with Gasteiger partial charge in [-0.05, 0) is 12.5 Å². The minimum atomic E-state index is -0.306. The fourth-order valence-electron chi connectivity index (χ4n) is 3.91. The average Bonchev–Trinajstić information content (AvgIpc) is 3.29. The highest BCUT2D eigenvalue weighted by Crippen LogP contribution is 2.18. The fourth-order valence-corrected chi connectivity index (χ4v) is 3.91. The number of hydrogen-bond donors (Lipinski definition) is 1. The van der Waals surface area contributed by atoms with Crippen molar-refractivity contribution in [3.05, 3.63) is 52.1 Å². The maximum Gasteiger partial charge on any atom is 0.353 e. The molecule has 0 bridgehead atoms. The molecule has 1 fully saturated rings. The predicted molar refractivity (Wildman–Crippen MR) is 112 cm³/mol. The number of fused-ring (bicyclic) bond motifs is 3. The smallest absolute Gasteiger partial charge is 0.353 e. The van der Waals surface area contributed by atoms with E-state index in [1.54, 1.807) is 6.20 Å². The van der Waals surface area contributed by atoms with E-state index in [0.29, 0.717) is 29.8 Å². The number of aryl methyl sites for hydroxylation is 1. The van der Waals surface area contributed by atoms with Crippen LogP contribution in [0.3, 0.4) is 0 Å². The predicted octanol–water partition coefficient (Wildman–Crippen LogP) is 0.512. The Morgan fingerprint density at radius 1 is 1.13 bits per heavy atom. The Morgan fingerprint density at radius 3 is 2.77 bits per heavy atom. The van der Waals surface area contributed by atoms with E-state index in [9.17, 15) is 4.79 Å². The average molecular weight is 408 g/mol. The molecule has 0 radical (unpaired) electrons. The van der Waals surface area contributed by atoms with Crippen LogP contribution >= 0.6 is 0 Å². The lowest BCUT2D eigenvalue weighted by molar-refractivity contribution is 0.0361. The topological polar surface area (TPSA) is 108 Å². The van der Waals surface area contributed by atoms with Crippen molar-refractivity contribution >= 4 is 22.6 Å². The van der Waals surface area contributed by atoms with Gasteiger partial charge in [0.05, 0.1) is 37.9 Å². The second-order valence-electron chi connectivity index (χ2n) is 7.62. The molecule has 1 aromatic carbocycles. The van der Waals surface area contributed by atoms with Crippen molar-refractivity contribution in [1.82, 2.24) is 33.8 Å². The number of aromatic nitrogens is 6. The highest BCUT2D eigenvalue weighted by atomic mass is 16.5. The molecular weight excluding hydrogens is 384 g/mol. The molecule has 5 rings (SSSR count). The number of anilines is 1. The number of nitrogens with zero attached hydrogens (tertiary/aromatic N) is 7. The Labute approximate surface area is 172 Å². The third kappa shape index (κ3) is 3.33. The second kappa shape index (κ2) is 7.54. The number of nitrogen functional groups attached to an aromatic ring is 1. The van der Waals surface area contributed by atoms with Gasteiger partial charge in [-0.25, -0.2) is 18.6 Å². The number of benzene rings is 1. The lowest BCUT2D eigenvalue weighted by atomic mass is 10.1. The van der Waals surface area contributed by atoms with E-state index in [1.165, 1.54) is 9.08 Å². The molecule has 10 heteroatoms. The molecular formula is C20H24N8O2. The monoisotopic (exact) mass is 408 g/mol. The van der Waals surface area contributed by atoms with Gasteiger partial charge in [0.1, 0.15) is 0 Å². The third-order valence-electron chi connectivity index (χ3n) is 5.49. The fraction of sp³-hybridized carbons (Fsp3) is 0.400. The summed E-state index contributed by atoms with van der Waals surface area (Å²) in [7, 11) is 0. The van der Waals surface area contributed by atoms with Crippen LogP contribution < -0.4 is 11.4 Å². The van der Waals surface area contributed by atoms with E-state index >= 15 is 0 Å². The minimum absolute atomic E-state index is 0.117. The first-order valence-electron chi connectivity index (χ1n) is 10.1. The summed E-state index contributed by atoms with van der Waals surface area (Å²) in [5.74, 6) is 0.117. The lowest BCUT2D eigenvalue weighted by Gasteiger charge is -2.26. The quantitative estimate of drug-likeness (QED) is 0.513. The normalized spacial score (nSPS) is 15.4. The van der Waals surface area contributed by atoms with Gasteiger partial charge in [0.15, 0.2) is 11.3 Å². The Hall–Kier alpha value is -3.24. The van der Waals surface area contributed by atoms with Crippen LogP contribution in [0.2, 0.25) is 0 Å².